The smallest absolute Gasteiger partial charge is 0.335 e. The minimum atomic E-state index is -0.837. The second kappa shape index (κ2) is 11.7. The molecule has 0 radical (unpaired) electrons. The summed E-state index contributed by atoms with van der Waals surface area (Å²) in [6.07, 6.45) is 1.38. The van der Waals surface area contributed by atoms with Crippen LogP contribution in [0.25, 0.3) is 6.08 Å². The maximum absolute atomic E-state index is 13.1. The SMILES string of the molecule is CCOc1ccc(N2C(=O)NC(=O)/C(=C\c3ccc(OCC(=O)Nc4ccccc4OC)cc3)C2=O)cc1. The van der Waals surface area contributed by atoms with Gasteiger partial charge in [-0.1, -0.05) is 24.3 Å². The lowest BCUT2D eigenvalue weighted by Crippen LogP contribution is -2.54. The molecule has 1 saturated heterocycles. The number of amides is 5. The highest BCUT2D eigenvalue weighted by Crippen LogP contribution is 2.25. The third kappa shape index (κ3) is 5.98. The van der Waals surface area contributed by atoms with Crippen LogP contribution in [0.1, 0.15) is 12.5 Å². The van der Waals surface area contributed by atoms with E-state index in [1.54, 1.807) is 72.8 Å². The Morgan fingerprint density at radius 3 is 2.26 bits per heavy atom. The summed E-state index contributed by atoms with van der Waals surface area (Å²) in [5.74, 6) is -0.390. The molecule has 10 heteroatoms. The Morgan fingerprint density at radius 1 is 0.921 bits per heavy atom. The predicted octanol–water partition coefficient (Wildman–Crippen LogP) is 3.78. The number of nitrogens with one attached hydrogen (secondary N) is 2. The van der Waals surface area contributed by atoms with Crippen LogP contribution in [0.3, 0.4) is 0 Å². The van der Waals surface area contributed by atoms with Gasteiger partial charge in [0.2, 0.25) is 0 Å². The van der Waals surface area contributed by atoms with Crippen LogP contribution in [0.15, 0.2) is 78.4 Å². The van der Waals surface area contributed by atoms with Crippen molar-refractivity contribution in [3.05, 3.63) is 83.9 Å². The van der Waals surface area contributed by atoms with Gasteiger partial charge in [0.15, 0.2) is 6.61 Å². The summed E-state index contributed by atoms with van der Waals surface area (Å²) < 4.78 is 16.1. The Balaban J connectivity index is 1.42. The van der Waals surface area contributed by atoms with Crippen molar-refractivity contribution in [1.82, 2.24) is 5.32 Å². The summed E-state index contributed by atoms with van der Waals surface area (Å²) in [6.45, 7) is 2.08. The quantitative estimate of drug-likeness (QED) is 0.328. The van der Waals surface area contributed by atoms with Crippen molar-refractivity contribution >= 4 is 41.2 Å². The Hall–Kier alpha value is -5.12. The van der Waals surface area contributed by atoms with E-state index in [0.717, 1.165) is 4.90 Å². The van der Waals surface area contributed by atoms with E-state index >= 15 is 0 Å². The van der Waals surface area contributed by atoms with E-state index in [0.29, 0.717) is 40.8 Å². The number of barbiturate groups is 1. The lowest BCUT2D eigenvalue weighted by atomic mass is 10.1. The molecule has 0 bridgehead atoms. The van der Waals surface area contributed by atoms with Crippen LogP contribution >= 0.6 is 0 Å². The van der Waals surface area contributed by atoms with Crippen molar-refractivity contribution in [3.8, 4) is 17.2 Å². The zero-order chi connectivity index (χ0) is 27.1. The molecule has 10 nitrogen and oxygen atoms in total. The van der Waals surface area contributed by atoms with Gasteiger partial charge in [0.1, 0.15) is 22.8 Å². The standard InChI is InChI=1S/C28H25N3O7/c1-3-37-20-14-10-19(11-15-20)31-27(34)22(26(33)30-28(31)35)16-18-8-12-21(13-9-18)38-17-25(32)29-23-6-4-5-7-24(23)36-2/h4-16H,3,17H2,1-2H3,(H,29,32)(H,30,33,35)/b22-16+. The van der Waals surface area contributed by atoms with Crippen LogP contribution in [-0.4, -0.2) is 44.1 Å². The number of urea groups is 1. The summed E-state index contributed by atoms with van der Waals surface area (Å²) >= 11 is 0. The minimum Gasteiger partial charge on any atom is -0.495 e. The number of ether oxygens (including phenoxy) is 3. The fourth-order valence-electron chi connectivity index (χ4n) is 3.66. The number of imide groups is 2. The zero-order valence-electron chi connectivity index (χ0n) is 20.7. The summed E-state index contributed by atoms with van der Waals surface area (Å²) in [4.78, 5) is 51.1. The molecule has 38 heavy (non-hydrogen) atoms. The average Bonchev–Trinajstić information content (AvgIpc) is 2.92. The third-order valence-electron chi connectivity index (χ3n) is 5.45. The molecule has 1 heterocycles. The molecule has 3 aromatic carbocycles. The van der Waals surface area contributed by atoms with Crippen LogP contribution < -0.4 is 29.7 Å². The highest BCUT2D eigenvalue weighted by molar-refractivity contribution is 6.39. The van der Waals surface area contributed by atoms with Crippen molar-refractivity contribution in [2.75, 3.05) is 30.5 Å². The van der Waals surface area contributed by atoms with Crippen LogP contribution in [0, 0.1) is 0 Å². The van der Waals surface area contributed by atoms with Gasteiger partial charge >= 0.3 is 6.03 Å². The van der Waals surface area contributed by atoms with Gasteiger partial charge in [-0.25, -0.2) is 9.69 Å². The third-order valence-corrected chi connectivity index (χ3v) is 5.45. The van der Waals surface area contributed by atoms with Gasteiger partial charge in [-0.05, 0) is 67.1 Å². The Labute approximate surface area is 218 Å². The van der Waals surface area contributed by atoms with Gasteiger partial charge in [0.05, 0.1) is 25.1 Å². The van der Waals surface area contributed by atoms with Crippen LogP contribution in [0.2, 0.25) is 0 Å². The van der Waals surface area contributed by atoms with E-state index < -0.39 is 17.8 Å². The van der Waals surface area contributed by atoms with Gasteiger partial charge in [-0.15, -0.1) is 0 Å². The first-order valence-corrected chi connectivity index (χ1v) is 11.7. The molecule has 4 rings (SSSR count). The van der Waals surface area contributed by atoms with Crippen molar-refractivity contribution in [2.24, 2.45) is 0 Å². The number of carbonyl (C=O) groups is 4. The molecule has 0 atom stereocenters. The number of rotatable bonds is 9. The molecule has 1 aliphatic rings. The Bertz CT molecular complexity index is 1380. The van der Waals surface area contributed by atoms with E-state index in [1.807, 2.05) is 6.92 Å². The maximum Gasteiger partial charge on any atom is 0.335 e. The molecule has 0 spiro atoms. The van der Waals surface area contributed by atoms with E-state index in [2.05, 4.69) is 10.6 Å². The van der Waals surface area contributed by atoms with Crippen molar-refractivity contribution in [1.29, 1.82) is 0 Å². The van der Waals surface area contributed by atoms with Gasteiger partial charge in [0, 0.05) is 0 Å². The van der Waals surface area contributed by atoms with Gasteiger partial charge in [-0.3, -0.25) is 19.7 Å². The fraction of sp³-hybridized carbons (Fsp3) is 0.143. The average molecular weight is 516 g/mol. The molecule has 0 unspecified atom stereocenters. The molecular formula is C28H25N3O7. The number of benzene rings is 3. The zero-order valence-corrected chi connectivity index (χ0v) is 20.7. The lowest BCUT2D eigenvalue weighted by molar-refractivity contribution is -0.122. The molecule has 1 fully saturated rings. The van der Waals surface area contributed by atoms with E-state index in [4.69, 9.17) is 14.2 Å². The maximum atomic E-state index is 13.1. The molecule has 0 aromatic heterocycles. The van der Waals surface area contributed by atoms with Crippen LogP contribution in [0.4, 0.5) is 16.2 Å². The summed E-state index contributed by atoms with van der Waals surface area (Å²) in [7, 11) is 1.51. The first-order chi connectivity index (χ1) is 18.4. The van der Waals surface area contributed by atoms with Crippen molar-refractivity contribution in [2.45, 2.75) is 6.92 Å². The minimum absolute atomic E-state index is 0.205. The molecule has 3 aromatic rings. The predicted molar refractivity (Wildman–Crippen MR) is 140 cm³/mol. The summed E-state index contributed by atoms with van der Waals surface area (Å²) in [6, 6.07) is 19.0. The van der Waals surface area contributed by atoms with E-state index in [-0.39, 0.29) is 18.1 Å². The number of anilines is 2. The summed E-state index contributed by atoms with van der Waals surface area (Å²) in [5, 5.41) is 4.91. The van der Waals surface area contributed by atoms with Gasteiger partial charge in [-0.2, -0.15) is 0 Å². The lowest BCUT2D eigenvalue weighted by Gasteiger charge is -2.26. The molecule has 0 saturated carbocycles. The molecule has 194 valence electrons. The molecule has 0 aliphatic carbocycles. The number of nitrogens with zero attached hydrogens (tertiary/aromatic N) is 1. The topological polar surface area (TPSA) is 123 Å². The molecule has 2 N–H and O–H groups in total. The molecule has 1 aliphatic heterocycles. The number of hydrogen-bond acceptors (Lipinski definition) is 7. The normalized spacial score (nSPS) is 14.2. The second-order valence-corrected chi connectivity index (χ2v) is 7.99. The van der Waals surface area contributed by atoms with Crippen molar-refractivity contribution < 1.29 is 33.4 Å². The van der Waals surface area contributed by atoms with Crippen molar-refractivity contribution in [3.63, 3.8) is 0 Å². The monoisotopic (exact) mass is 515 g/mol. The second-order valence-electron chi connectivity index (χ2n) is 7.99. The molecule has 5 amide bonds. The van der Waals surface area contributed by atoms with E-state index in [9.17, 15) is 19.2 Å². The molecular weight excluding hydrogens is 490 g/mol. The van der Waals surface area contributed by atoms with Crippen LogP contribution in [0.5, 0.6) is 17.2 Å². The first kappa shape index (κ1) is 26.0. The number of hydrogen-bond donors (Lipinski definition) is 2. The van der Waals surface area contributed by atoms with E-state index in [1.165, 1.54) is 13.2 Å². The Morgan fingerprint density at radius 2 is 1.58 bits per heavy atom. The number of methoxy groups -OCH3 is 1. The van der Waals surface area contributed by atoms with Gasteiger partial charge in [0.25, 0.3) is 17.7 Å². The Kier molecular flexibility index (Phi) is 8.02. The van der Waals surface area contributed by atoms with Crippen LogP contribution in [-0.2, 0) is 14.4 Å². The highest BCUT2D eigenvalue weighted by atomic mass is 16.5. The summed E-state index contributed by atoms with van der Waals surface area (Å²) in [5.41, 5.74) is 1.14. The fourth-order valence-corrected chi connectivity index (χ4v) is 3.66. The number of carbonyl (C=O) groups excluding carboxylic acids is 4. The van der Waals surface area contributed by atoms with Gasteiger partial charge < -0.3 is 19.5 Å². The highest BCUT2D eigenvalue weighted by Gasteiger charge is 2.36. The largest absolute Gasteiger partial charge is 0.495 e. The first-order valence-electron chi connectivity index (χ1n) is 11.7. The number of para-hydroxylation sites is 2.